The van der Waals surface area contributed by atoms with E-state index in [0.29, 0.717) is 11.4 Å². The first-order valence-electron chi connectivity index (χ1n) is 9.68. The Balaban J connectivity index is 1.67. The third kappa shape index (κ3) is 2.57. The highest BCUT2D eigenvalue weighted by atomic mass is 16.6. The predicted octanol–water partition coefficient (Wildman–Crippen LogP) is 3.65. The molecule has 0 radical (unpaired) electrons. The van der Waals surface area contributed by atoms with Gasteiger partial charge in [-0.2, -0.15) is 0 Å². The second kappa shape index (κ2) is 6.78. The van der Waals surface area contributed by atoms with Crippen LogP contribution in [-0.4, -0.2) is 30.9 Å². The summed E-state index contributed by atoms with van der Waals surface area (Å²) in [6.45, 7) is 1.91. The zero-order valence-electron chi connectivity index (χ0n) is 16.6. The number of ether oxygens (including phenoxy) is 3. The minimum Gasteiger partial charge on any atom is -0.410 e. The summed E-state index contributed by atoms with van der Waals surface area (Å²) in [5.74, 6) is 12.8. The molecule has 148 valence electrons. The molecule has 3 aliphatic rings. The van der Waals surface area contributed by atoms with Crippen molar-refractivity contribution in [1.82, 2.24) is 0 Å². The zero-order chi connectivity index (χ0) is 20.8. The van der Waals surface area contributed by atoms with Gasteiger partial charge in [0.05, 0.1) is 5.69 Å². The first kappa shape index (κ1) is 18.5. The molecule has 5 heteroatoms. The van der Waals surface area contributed by atoms with E-state index in [1.807, 2.05) is 49.4 Å². The Hall–Kier alpha value is -3.51. The van der Waals surface area contributed by atoms with Crippen molar-refractivity contribution in [3.05, 3.63) is 72.3 Å². The number of benzene rings is 2. The fourth-order valence-electron chi connectivity index (χ4n) is 4.28. The second-order valence-corrected chi connectivity index (χ2v) is 7.42. The summed E-state index contributed by atoms with van der Waals surface area (Å²) in [5, 5.41) is 0. The number of anilines is 1. The minimum atomic E-state index is -0.912. The van der Waals surface area contributed by atoms with Crippen LogP contribution in [0.4, 0.5) is 10.5 Å². The van der Waals surface area contributed by atoms with Crippen LogP contribution in [0.1, 0.15) is 12.5 Å². The maximum absolute atomic E-state index is 13.3. The lowest BCUT2D eigenvalue weighted by Crippen LogP contribution is -2.55. The van der Waals surface area contributed by atoms with Gasteiger partial charge in [0.25, 0.3) is 0 Å². The lowest BCUT2D eigenvalue weighted by molar-refractivity contribution is -0.0156. The number of carbonyl (C=O) groups is 1. The monoisotopic (exact) mass is 397 g/mol. The largest absolute Gasteiger partial charge is 0.420 e. The molecule has 2 aromatic carbocycles. The number of nitrogens with zero attached hydrogens (tertiary/aromatic N) is 1. The molecule has 2 bridgehead atoms. The highest BCUT2D eigenvalue weighted by molar-refractivity contribution is 5.93. The summed E-state index contributed by atoms with van der Waals surface area (Å²) in [6, 6.07) is 16.1. The number of carbonyl (C=O) groups excluding carboxylic acids is 1. The molecule has 2 heterocycles. The van der Waals surface area contributed by atoms with Gasteiger partial charge in [-0.15, -0.1) is 0 Å². The average Bonchev–Trinajstić information content (AvgIpc) is 3.54. The van der Waals surface area contributed by atoms with Crippen LogP contribution in [0.2, 0.25) is 0 Å². The third-order valence-corrected chi connectivity index (χ3v) is 5.84. The quantitative estimate of drug-likeness (QED) is 0.573. The summed E-state index contributed by atoms with van der Waals surface area (Å²) >= 11 is 0. The van der Waals surface area contributed by atoms with E-state index < -0.39 is 29.4 Å². The highest BCUT2D eigenvalue weighted by Crippen LogP contribution is 2.62. The molecule has 0 aromatic heterocycles. The molecule has 30 heavy (non-hydrogen) atoms. The highest BCUT2D eigenvalue weighted by Gasteiger charge is 2.75. The maximum Gasteiger partial charge on any atom is 0.420 e. The van der Waals surface area contributed by atoms with E-state index in [1.54, 1.807) is 36.3 Å². The van der Waals surface area contributed by atoms with E-state index in [-0.39, 0.29) is 0 Å². The molecule has 5 rings (SSSR count). The van der Waals surface area contributed by atoms with Gasteiger partial charge in [-0.05, 0) is 37.3 Å². The molecule has 1 saturated heterocycles. The fraction of sp³-hybridized carbons (Fsp3) is 0.240. The van der Waals surface area contributed by atoms with Crippen molar-refractivity contribution in [1.29, 1.82) is 0 Å². The molecule has 5 nitrogen and oxygen atoms in total. The Morgan fingerprint density at radius 2 is 1.80 bits per heavy atom. The first-order valence-corrected chi connectivity index (χ1v) is 9.68. The predicted molar refractivity (Wildman–Crippen MR) is 112 cm³/mol. The zero-order valence-corrected chi connectivity index (χ0v) is 16.6. The van der Waals surface area contributed by atoms with Gasteiger partial charge >= 0.3 is 6.09 Å². The molecule has 1 aliphatic carbocycles. The van der Waals surface area contributed by atoms with Crippen LogP contribution in [0.5, 0.6) is 5.75 Å². The molecule has 1 fully saturated rings. The Kier molecular flexibility index (Phi) is 4.18. The van der Waals surface area contributed by atoms with Crippen molar-refractivity contribution < 1.29 is 19.0 Å². The lowest BCUT2D eigenvalue weighted by atomic mass is 9.75. The van der Waals surface area contributed by atoms with E-state index in [1.165, 1.54) is 0 Å². The Bertz CT molecular complexity index is 1170. The molecular formula is C25H19NO4. The minimum absolute atomic E-state index is 0.394. The summed E-state index contributed by atoms with van der Waals surface area (Å²) in [5.41, 5.74) is -0.216. The van der Waals surface area contributed by atoms with Gasteiger partial charge in [-0.25, -0.2) is 4.79 Å². The number of epoxide rings is 1. The van der Waals surface area contributed by atoms with Gasteiger partial charge in [0, 0.05) is 12.7 Å². The Morgan fingerprint density at radius 3 is 2.60 bits per heavy atom. The Morgan fingerprint density at radius 1 is 1.07 bits per heavy atom. The molecule has 0 N–H and O–H groups in total. The number of hydrogen-bond acceptors (Lipinski definition) is 4. The molecule has 4 atom stereocenters. The normalized spacial score (nSPS) is 30.9. The topological polar surface area (TPSA) is 51.3 Å². The first-order chi connectivity index (χ1) is 14.6. The third-order valence-electron chi connectivity index (χ3n) is 5.84. The van der Waals surface area contributed by atoms with E-state index in [2.05, 4.69) is 23.7 Å². The SMILES string of the molecule is CO[C@@]1(C)C#C/C=C\C#C[C@@H]2[C@H]3O[C@@]31c1ccccc1N2C(=O)Oc1ccccc1. The summed E-state index contributed by atoms with van der Waals surface area (Å²) < 4.78 is 17.9. The number of amides is 1. The smallest absolute Gasteiger partial charge is 0.410 e. The standard InChI is InChI=1S/C25H19NO4/c1-24(28-2)17-11-4-3-8-16-21-22-25(24,30-22)19-14-9-10-15-20(19)26(21)23(27)29-18-12-6-5-7-13-18/h3-7,9-10,12-15,21-22H,1-2H3/b4-3-/t21-,22-,24+,25+/m1/s1. The van der Waals surface area contributed by atoms with Crippen molar-refractivity contribution in [2.75, 3.05) is 12.0 Å². The number of allylic oxidation sites excluding steroid dienone is 2. The number of rotatable bonds is 2. The summed E-state index contributed by atoms with van der Waals surface area (Å²) in [4.78, 5) is 14.9. The van der Waals surface area contributed by atoms with E-state index in [0.717, 1.165) is 5.56 Å². The van der Waals surface area contributed by atoms with Crippen LogP contribution >= 0.6 is 0 Å². The molecule has 0 unspecified atom stereocenters. The van der Waals surface area contributed by atoms with Gasteiger partial charge in [-0.1, -0.05) is 60.1 Å². The number of hydrogen-bond donors (Lipinski definition) is 0. The van der Waals surface area contributed by atoms with Gasteiger partial charge in [0.1, 0.15) is 17.9 Å². The van der Waals surface area contributed by atoms with Gasteiger partial charge in [-0.3, -0.25) is 4.90 Å². The molecule has 2 aromatic rings. The van der Waals surface area contributed by atoms with Gasteiger partial charge in [0.15, 0.2) is 11.2 Å². The van der Waals surface area contributed by atoms with Crippen LogP contribution < -0.4 is 9.64 Å². The van der Waals surface area contributed by atoms with Crippen molar-refractivity contribution in [2.24, 2.45) is 0 Å². The lowest BCUT2D eigenvalue weighted by Gasteiger charge is -2.39. The van der Waals surface area contributed by atoms with Crippen molar-refractivity contribution in [3.63, 3.8) is 0 Å². The van der Waals surface area contributed by atoms with Gasteiger partial charge < -0.3 is 14.2 Å². The molecule has 1 amide bonds. The average molecular weight is 397 g/mol. The van der Waals surface area contributed by atoms with Crippen LogP contribution in [-0.2, 0) is 15.1 Å². The second-order valence-electron chi connectivity index (χ2n) is 7.42. The van der Waals surface area contributed by atoms with Crippen molar-refractivity contribution in [2.45, 2.75) is 30.3 Å². The van der Waals surface area contributed by atoms with Crippen LogP contribution in [0.3, 0.4) is 0 Å². The van der Waals surface area contributed by atoms with Crippen LogP contribution in [0.15, 0.2) is 66.7 Å². The molecule has 0 spiro atoms. The van der Waals surface area contributed by atoms with E-state index in [9.17, 15) is 4.79 Å². The van der Waals surface area contributed by atoms with Crippen molar-refractivity contribution in [3.8, 4) is 29.4 Å². The number of para-hydroxylation sites is 2. The van der Waals surface area contributed by atoms with E-state index in [4.69, 9.17) is 14.2 Å². The fourth-order valence-corrected chi connectivity index (χ4v) is 4.28. The van der Waals surface area contributed by atoms with Gasteiger partial charge in [0.2, 0.25) is 0 Å². The summed E-state index contributed by atoms with van der Waals surface area (Å²) in [7, 11) is 1.62. The number of methoxy groups -OCH3 is 1. The number of fused-ring (bicyclic) bond motifs is 1. The molecular weight excluding hydrogens is 378 g/mol. The molecule has 0 saturated carbocycles. The Labute approximate surface area is 175 Å². The van der Waals surface area contributed by atoms with Crippen LogP contribution in [0.25, 0.3) is 0 Å². The molecule has 2 aliphatic heterocycles. The van der Waals surface area contributed by atoms with Crippen molar-refractivity contribution >= 4 is 11.8 Å². The maximum atomic E-state index is 13.3. The van der Waals surface area contributed by atoms with E-state index >= 15 is 0 Å². The summed E-state index contributed by atoms with van der Waals surface area (Å²) in [6.07, 6.45) is 2.44. The van der Waals surface area contributed by atoms with Crippen LogP contribution in [0, 0.1) is 23.7 Å².